The molecule has 0 bridgehead atoms. The number of hydrogen-bond acceptors (Lipinski definition) is 0. The summed E-state index contributed by atoms with van der Waals surface area (Å²) in [6, 6.07) is 13.0. The molecule has 0 aliphatic heterocycles. The van der Waals surface area contributed by atoms with Crippen LogP contribution in [-0.4, -0.2) is 19.8 Å². The van der Waals surface area contributed by atoms with Crippen molar-refractivity contribution in [1.82, 2.24) is 0 Å². The molecule has 3 heteroatoms. The average molecular weight is 448 g/mol. The number of hydrogen-bond donors (Lipinski definition) is 0. The fraction of sp³-hybridized carbons (Fsp3) is 0.462. The minimum absolute atomic E-state index is 0. The zero-order chi connectivity index (χ0) is 20.8. The number of rotatable bonds is 8. The second-order valence-corrected chi connectivity index (χ2v) is 8.75. The first-order chi connectivity index (χ1) is 13.2. The van der Waals surface area contributed by atoms with Crippen LogP contribution >= 0.6 is 0 Å². The summed E-state index contributed by atoms with van der Waals surface area (Å²) >= 11 is 0. The van der Waals surface area contributed by atoms with Crippen LogP contribution in [0, 0.1) is 0 Å². The Morgan fingerprint density at radius 1 is 0.552 bits per heavy atom. The van der Waals surface area contributed by atoms with Crippen LogP contribution in [0.2, 0.25) is 0 Å². The molecule has 0 saturated carbocycles. The number of para-hydroxylation sites is 2. The first kappa shape index (κ1) is 25.5. The molecule has 0 aromatic heterocycles. The third-order valence-corrected chi connectivity index (χ3v) is 5.16. The molecule has 0 fully saturated rings. The van der Waals surface area contributed by atoms with Crippen molar-refractivity contribution >= 4 is 31.2 Å². The predicted octanol–water partition coefficient (Wildman–Crippen LogP) is 9.23. The van der Waals surface area contributed by atoms with E-state index in [4.69, 9.17) is 10.6 Å². The molecule has 0 spiro atoms. The summed E-state index contributed by atoms with van der Waals surface area (Å²) < 4.78 is 0. The van der Waals surface area contributed by atoms with Gasteiger partial charge in [-0.2, -0.15) is 12.4 Å². The van der Waals surface area contributed by atoms with Crippen molar-refractivity contribution in [3.05, 3.63) is 81.7 Å². The van der Waals surface area contributed by atoms with Gasteiger partial charge in [-0.3, -0.25) is 0 Å². The second-order valence-electron chi connectivity index (χ2n) is 8.75. The summed E-state index contributed by atoms with van der Waals surface area (Å²) in [6.45, 7) is 17.8. The zero-order valence-corrected chi connectivity index (χ0v) is 21.8. The topological polar surface area (TPSA) is 28.2 Å². The molecule has 0 unspecified atom stereocenters. The van der Waals surface area contributed by atoms with Crippen LogP contribution in [0.5, 0.6) is 0 Å². The van der Waals surface area contributed by atoms with E-state index in [0.29, 0.717) is 23.7 Å². The molecular formula is C26H38GaN2-2. The van der Waals surface area contributed by atoms with E-state index < -0.39 is 0 Å². The Balaban J connectivity index is 0.00000420. The Morgan fingerprint density at radius 2 is 0.793 bits per heavy atom. The summed E-state index contributed by atoms with van der Waals surface area (Å²) in [5.41, 5.74) is 7.37. The van der Waals surface area contributed by atoms with Crippen LogP contribution < -0.4 is 0 Å². The molecule has 0 atom stereocenters. The van der Waals surface area contributed by atoms with Gasteiger partial charge < -0.3 is 10.6 Å². The minimum atomic E-state index is 0. The van der Waals surface area contributed by atoms with Crippen molar-refractivity contribution in [3.63, 3.8) is 0 Å². The molecule has 2 aromatic rings. The zero-order valence-electron chi connectivity index (χ0n) is 19.4. The van der Waals surface area contributed by atoms with E-state index in [1.807, 2.05) is 12.4 Å². The minimum Gasteiger partial charge on any atom is -0.665 e. The van der Waals surface area contributed by atoms with E-state index in [0.717, 1.165) is 11.4 Å². The van der Waals surface area contributed by atoms with Crippen LogP contribution in [0.15, 0.2) is 48.8 Å². The van der Waals surface area contributed by atoms with Crippen LogP contribution in [0.1, 0.15) is 103 Å². The smallest absolute Gasteiger partial charge is 0 e. The van der Waals surface area contributed by atoms with E-state index in [9.17, 15) is 0 Å². The van der Waals surface area contributed by atoms with Gasteiger partial charge in [0.1, 0.15) is 0 Å². The quantitative estimate of drug-likeness (QED) is 0.360. The van der Waals surface area contributed by atoms with Gasteiger partial charge in [-0.25, -0.2) is 0 Å². The molecule has 0 N–H and O–H groups in total. The third-order valence-electron chi connectivity index (χ3n) is 5.16. The van der Waals surface area contributed by atoms with E-state index in [2.05, 4.69) is 91.8 Å². The molecule has 0 aliphatic carbocycles. The molecule has 3 radical (unpaired) electrons. The number of benzene rings is 2. The van der Waals surface area contributed by atoms with Gasteiger partial charge in [0.25, 0.3) is 0 Å². The van der Waals surface area contributed by atoms with E-state index in [1.165, 1.54) is 22.3 Å². The molecule has 0 heterocycles. The van der Waals surface area contributed by atoms with Crippen LogP contribution in [-0.2, 0) is 0 Å². The Hall–Kier alpha value is -1.58. The summed E-state index contributed by atoms with van der Waals surface area (Å²) in [6.07, 6.45) is 3.71. The normalized spacial score (nSPS) is 11.6. The molecule has 2 aromatic carbocycles. The van der Waals surface area contributed by atoms with E-state index in [-0.39, 0.29) is 21.2 Å². The molecule has 29 heavy (non-hydrogen) atoms. The van der Waals surface area contributed by atoms with Crippen molar-refractivity contribution < 1.29 is 1.43 Å². The van der Waals surface area contributed by atoms with E-state index in [1.54, 1.807) is 0 Å². The van der Waals surface area contributed by atoms with Crippen molar-refractivity contribution in [2.75, 3.05) is 0 Å². The Kier molecular flexibility index (Phi) is 10.1. The summed E-state index contributed by atoms with van der Waals surface area (Å²) in [5, 5.41) is 9.68. The SMILES string of the molecule is CC(C)c1cccc(C(C)C)c1[N-]/C=C\[N-]c1c(C(C)C)cccc1C(C)C.[Ga].[HH]. The maximum atomic E-state index is 4.84. The molecule has 0 saturated heterocycles. The van der Waals surface area contributed by atoms with Crippen LogP contribution in [0.4, 0.5) is 11.4 Å². The fourth-order valence-electron chi connectivity index (χ4n) is 3.54. The molecule has 157 valence electrons. The van der Waals surface area contributed by atoms with Gasteiger partial charge in [0, 0.05) is 21.2 Å². The summed E-state index contributed by atoms with van der Waals surface area (Å²) in [5.74, 6) is 1.77. The largest absolute Gasteiger partial charge is 0.665 e. The van der Waals surface area contributed by atoms with Gasteiger partial charge in [0.05, 0.1) is 0 Å². The van der Waals surface area contributed by atoms with Gasteiger partial charge in [-0.15, -0.1) is 11.4 Å². The maximum Gasteiger partial charge on any atom is 0 e. The molecule has 2 rings (SSSR count). The molecule has 0 aliphatic rings. The fourth-order valence-corrected chi connectivity index (χ4v) is 3.54. The molecular weight excluding hydrogens is 410 g/mol. The first-order valence-electron chi connectivity index (χ1n) is 10.6. The Bertz CT molecular complexity index is 691. The van der Waals surface area contributed by atoms with Gasteiger partial charge in [0.15, 0.2) is 0 Å². The number of nitrogens with zero attached hydrogens (tertiary/aromatic N) is 2. The van der Waals surface area contributed by atoms with Crippen LogP contribution in [0.3, 0.4) is 0 Å². The Labute approximate surface area is 193 Å². The van der Waals surface area contributed by atoms with Crippen molar-refractivity contribution in [2.45, 2.75) is 79.1 Å². The first-order valence-corrected chi connectivity index (χ1v) is 10.6. The second kappa shape index (κ2) is 11.6. The van der Waals surface area contributed by atoms with Crippen molar-refractivity contribution in [3.8, 4) is 0 Å². The van der Waals surface area contributed by atoms with Crippen molar-refractivity contribution in [2.24, 2.45) is 0 Å². The van der Waals surface area contributed by atoms with Gasteiger partial charge >= 0.3 is 0 Å². The van der Waals surface area contributed by atoms with E-state index >= 15 is 0 Å². The summed E-state index contributed by atoms with van der Waals surface area (Å²) in [4.78, 5) is 0. The average Bonchev–Trinajstić information content (AvgIpc) is 2.64. The molecule has 0 amide bonds. The summed E-state index contributed by atoms with van der Waals surface area (Å²) in [7, 11) is 0. The van der Waals surface area contributed by atoms with Crippen molar-refractivity contribution in [1.29, 1.82) is 0 Å². The predicted molar refractivity (Wildman–Crippen MR) is 132 cm³/mol. The van der Waals surface area contributed by atoms with Crippen LogP contribution in [0.25, 0.3) is 10.6 Å². The van der Waals surface area contributed by atoms with Gasteiger partial charge in [-0.1, -0.05) is 114 Å². The van der Waals surface area contributed by atoms with Gasteiger partial charge in [-0.05, 0) is 23.7 Å². The maximum absolute atomic E-state index is 4.84. The monoisotopic (exact) mass is 447 g/mol. The Morgan fingerprint density at radius 3 is 1.00 bits per heavy atom. The third kappa shape index (κ3) is 6.45. The van der Waals surface area contributed by atoms with Gasteiger partial charge in [0.2, 0.25) is 0 Å². The standard InChI is InChI=1S/C26H36N2.Ga.H2/c1-17(2)21-11-9-12-22(18(3)4)25(21)27-15-16-28-26-23(19(5)6)13-10-14-24(26)20(7)8;;/h9-20H,1-8H3;;1H/q-2;;/b16-15-;;. The molecule has 2 nitrogen and oxygen atoms in total.